The Morgan fingerprint density at radius 2 is 1.12 bits per heavy atom. The van der Waals surface area contributed by atoms with Gasteiger partial charge in [-0.1, -0.05) is 24.3 Å². The van der Waals surface area contributed by atoms with E-state index in [1.54, 1.807) is 37.7 Å². The molecule has 0 amide bonds. The average Bonchev–Trinajstić information content (AvgIpc) is 2.63. The lowest BCUT2D eigenvalue weighted by Gasteiger charge is -2.05. The van der Waals surface area contributed by atoms with Crippen molar-refractivity contribution in [3.63, 3.8) is 0 Å². The van der Waals surface area contributed by atoms with Gasteiger partial charge in [-0.2, -0.15) is 0 Å². The van der Waals surface area contributed by atoms with Crippen molar-refractivity contribution in [2.75, 3.05) is 25.7 Å². The first-order valence-electron chi connectivity index (χ1n) is 7.64. The fraction of sp³-hybridized carbons (Fsp3) is 0.316. The van der Waals surface area contributed by atoms with Crippen LogP contribution in [0.15, 0.2) is 48.5 Å². The fourth-order valence-corrected chi connectivity index (χ4v) is 3.90. The van der Waals surface area contributed by atoms with E-state index in [4.69, 9.17) is 9.47 Å². The first-order chi connectivity index (χ1) is 11.7. The molecule has 0 atom stereocenters. The van der Waals surface area contributed by atoms with Crippen LogP contribution in [0.4, 0.5) is 0 Å². The molecule has 0 saturated carbocycles. The largest absolute Gasteiger partial charge is 0.497 e. The summed E-state index contributed by atoms with van der Waals surface area (Å²) >= 11 is 3.32. The van der Waals surface area contributed by atoms with Crippen LogP contribution in [0.1, 0.15) is 11.1 Å². The van der Waals surface area contributed by atoms with Crippen molar-refractivity contribution in [3.8, 4) is 11.5 Å². The smallest absolute Gasteiger partial charge is 0.152 e. The zero-order chi connectivity index (χ0) is 17.2. The van der Waals surface area contributed by atoms with Crippen LogP contribution in [-0.4, -0.2) is 31.5 Å². The third-order valence-corrected chi connectivity index (χ3v) is 5.51. The van der Waals surface area contributed by atoms with Gasteiger partial charge in [0, 0.05) is 11.5 Å². The van der Waals surface area contributed by atoms with Crippen LogP contribution in [0.2, 0.25) is 0 Å². The fourth-order valence-electron chi connectivity index (χ4n) is 2.05. The minimum atomic E-state index is 0.284. The normalized spacial score (nSPS) is 10.4. The molecule has 0 heterocycles. The molecular formula is C19H22O3S2. The number of carbonyl (C=O) groups is 1. The van der Waals surface area contributed by atoms with Crippen molar-refractivity contribution in [2.24, 2.45) is 0 Å². The molecule has 2 aromatic carbocycles. The van der Waals surface area contributed by atoms with E-state index in [0.717, 1.165) is 23.0 Å². The summed E-state index contributed by atoms with van der Waals surface area (Å²) in [6.45, 7) is 0. The molecule has 0 N–H and O–H groups in total. The summed E-state index contributed by atoms with van der Waals surface area (Å²) in [4.78, 5) is 11.9. The molecule has 2 aromatic rings. The number of carbonyl (C=O) groups excluding carboxylic acids is 1. The number of rotatable bonds is 10. The van der Waals surface area contributed by atoms with Crippen LogP contribution in [0, 0.1) is 0 Å². The molecule has 0 aromatic heterocycles. The molecule has 0 aliphatic rings. The number of hydrogen-bond donors (Lipinski definition) is 0. The van der Waals surface area contributed by atoms with Crippen molar-refractivity contribution >= 4 is 29.3 Å². The molecule has 0 spiro atoms. The Labute approximate surface area is 152 Å². The lowest BCUT2D eigenvalue weighted by molar-refractivity contribution is -0.114. The third kappa shape index (κ3) is 6.49. The number of ether oxygens (including phenoxy) is 2. The summed E-state index contributed by atoms with van der Waals surface area (Å²) in [6.07, 6.45) is 0. The SMILES string of the molecule is COc1ccc(CSCC(=O)CSCc2ccc(OC)cc2)cc1. The van der Waals surface area contributed by atoms with Gasteiger partial charge in [0.05, 0.1) is 25.7 Å². The quantitative estimate of drug-likeness (QED) is 0.624. The van der Waals surface area contributed by atoms with Crippen LogP contribution in [0.25, 0.3) is 0 Å². The van der Waals surface area contributed by atoms with E-state index in [1.807, 2.05) is 48.5 Å². The molecule has 128 valence electrons. The van der Waals surface area contributed by atoms with Gasteiger partial charge in [0.2, 0.25) is 0 Å². The minimum Gasteiger partial charge on any atom is -0.497 e. The number of benzene rings is 2. The van der Waals surface area contributed by atoms with Crippen molar-refractivity contribution in [3.05, 3.63) is 59.7 Å². The van der Waals surface area contributed by atoms with Gasteiger partial charge in [0.15, 0.2) is 5.78 Å². The Hall–Kier alpha value is -1.59. The van der Waals surface area contributed by atoms with E-state index in [2.05, 4.69) is 0 Å². The molecule has 0 fully saturated rings. The number of thioether (sulfide) groups is 2. The first kappa shape index (κ1) is 18.7. The topological polar surface area (TPSA) is 35.5 Å². The Morgan fingerprint density at radius 1 is 0.750 bits per heavy atom. The molecule has 0 aliphatic carbocycles. The summed E-state index contributed by atoms with van der Waals surface area (Å²) in [7, 11) is 3.32. The highest BCUT2D eigenvalue weighted by atomic mass is 32.2. The average molecular weight is 363 g/mol. The van der Waals surface area contributed by atoms with E-state index in [1.165, 1.54) is 11.1 Å². The third-order valence-electron chi connectivity index (χ3n) is 3.38. The molecule has 0 radical (unpaired) electrons. The van der Waals surface area contributed by atoms with Gasteiger partial charge in [-0.05, 0) is 35.4 Å². The van der Waals surface area contributed by atoms with E-state index >= 15 is 0 Å². The molecule has 2 rings (SSSR count). The van der Waals surface area contributed by atoms with Crippen molar-refractivity contribution in [2.45, 2.75) is 11.5 Å². The van der Waals surface area contributed by atoms with Gasteiger partial charge in [-0.25, -0.2) is 0 Å². The predicted octanol–water partition coefficient (Wildman–Crippen LogP) is 4.44. The van der Waals surface area contributed by atoms with Crippen LogP contribution >= 0.6 is 23.5 Å². The lowest BCUT2D eigenvalue weighted by atomic mass is 10.2. The van der Waals surface area contributed by atoms with Crippen LogP contribution in [-0.2, 0) is 16.3 Å². The number of hydrogen-bond acceptors (Lipinski definition) is 5. The lowest BCUT2D eigenvalue weighted by Crippen LogP contribution is -2.05. The molecular weight excluding hydrogens is 340 g/mol. The number of ketones is 1. The maximum atomic E-state index is 11.9. The molecule has 0 unspecified atom stereocenters. The summed E-state index contributed by atoms with van der Waals surface area (Å²) in [6, 6.07) is 15.9. The van der Waals surface area contributed by atoms with Crippen LogP contribution in [0.5, 0.6) is 11.5 Å². The summed E-state index contributed by atoms with van der Waals surface area (Å²) in [5.74, 6) is 4.80. The Balaban J connectivity index is 1.62. The van der Waals surface area contributed by atoms with Gasteiger partial charge in [-0.3, -0.25) is 4.79 Å². The summed E-state index contributed by atoms with van der Waals surface area (Å²) in [5, 5.41) is 0. The Kier molecular flexibility index (Phi) is 8.05. The van der Waals surface area contributed by atoms with Crippen LogP contribution < -0.4 is 9.47 Å². The second-order valence-electron chi connectivity index (χ2n) is 5.22. The summed E-state index contributed by atoms with van der Waals surface area (Å²) < 4.78 is 10.3. The van der Waals surface area contributed by atoms with Crippen molar-refractivity contribution in [1.82, 2.24) is 0 Å². The van der Waals surface area contributed by atoms with E-state index < -0.39 is 0 Å². The molecule has 3 nitrogen and oxygen atoms in total. The Bertz CT molecular complexity index is 569. The zero-order valence-corrected chi connectivity index (χ0v) is 15.6. The summed E-state index contributed by atoms with van der Waals surface area (Å²) in [5.41, 5.74) is 2.42. The van der Waals surface area contributed by atoms with Gasteiger partial charge in [0.25, 0.3) is 0 Å². The maximum absolute atomic E-state index is 11.9. The molecule has 0 aliphatic heterocycles. The second kappa shape index (κ2) is 10.3. The van der Waals surface area contributed by atoms with Gasteiger partial charge in [-0.15, -0.1) is 23.5 Å². The van der Waals surface area contributed by atoms with E-state index in [9.17, 15) is 4.79 Å². The van der Waals surface area contributed by atoms with Gasteiger partial charge < -0.3 is 9.47 Å². The predicted molar refractivity (Wildman–Crippen MR) is 103 cm³/mol. The van der Waals surface area contributed by atoms with Gasteiger partial charge in [0.1, 0.15) is 11.5 Å². The maximum Gasteiger partial charge on any atom is 0.152 e. The molecule has 0 saturated heterocycles. The zero-order valence-electron chi connectivity index (χ0n) is 14.0. The highest BCUT2D eigenvalue weighted by Crippen LogP contribution is 2.19. The highest BCUT2D eigenvalue weighted by molar-refractivity contribution is 8.00. The molecule has 24 heavy (non-hydrogen) atoms. The molecule has 0 bridgehead atoms. The first-order valence-corrected chi connectivity index (χ1v) is 9.95. The van der Waals surface area contributed by atoms with Crippen LogP contribution in [0.3, 0.4) is 0 Å². The Morgan fingerprint density at radius 3 is 1.46 bits per heavy atom. The second-order valence-corrected chi connectivity index (χ2v) is 7.19. The highest BCUT2D eigenvalue weighted by Gasteiger charge is 2.04. The van der Waals surface area contributed by atoms with Crippen molar-refractivity contribution < 1.29 is 14.3 Å². The van der Waals surface area contributed by atoms with Gasteiger partial charge >= 0.3 is 0 Å². The monoisotopic (exact) mass is 362 g/mol. The van der Waals surface area contributed by atoms with E-state index in [-0.39, 0.29) is 5.78 Å². The number of Topliss-reactive ketones (excluding diaryl/α,β-unsaturated/α-hetero) is 1. The molecule has 5 heteroatoms. The number of methoxy groups -OCH3 is 2. The van der Waals surface area contributed by atoms with Crippen molar-refractivity contribution in [1.29, 1.82) is 0 Å². The minimum absolute atomic E-state index is 0.284. The van der Waals surface area contributed by atoms with E-state index in [0.29, 0.717) is 11.5 Å². The standard InChI is InChI=1S/C19H22O3S2/c1-21-18-7-3-15(4-8-18)11-23-13-17(20)14-24-12-16-5-9-19(22-2)10-6-16/h3-10H,11-14H2,1-2H3.